The fourth-order valence-corrected chi connectivity index (χ4v) is 3.90. The highest BCUT2D eigenvalue weighted by Gasteiger charge is 2.19. The summed E-state index contributed by atoms with van der Waals surface area (Å²) >= 11 is 1.39. The number of pyridine rings is 1. The van der Waals surface area contributed by atoms with Crippen molar-refractivity contribution in [3.63, 3.8) is 0 Å². The number of aryl methyl sites for hydroxylation is 1. The van der Waals surface area contributed by atoms with Crippen molar-refractivity contribution in [2.75, 3.05) is 5.73 Å². The van der Waals surface area contributed by atoms with E-state index in [1.54, 1.807) is 4.68 Å². The Morgan fingerprint density at radius 2 is 2.04 bits per heavy atom. The number of aromatic nitrogens is 5. The maximum Gasteiger partial charge on any atom is 0.203 e. The van der Waals surface area contributed by atoms with Crippen LogP contribution in [-0.4, -0.2) is 25.0 Å². The van der Waals surface area contributed by atoms with Gasteiger partial charge in [0.2, 0.25) is 5.13 Å². The largest absolute Gasteiger partial charge is 0.374 e. The molecule has 0 fully saturated rings. The summed E-state index contributed by atoms with van der Waals surface area (Å²) in [7, 11) is 0. The summed E-state index contributed by atoms with van der Waals surface area (Å²) in [5.74, 6) is 0.808. The third-order valence-electron chi connectivity index (χ3n) is 4.58. The molecule has 6 nitrogen and oxygen atoms in total. The van der Waals surface area contributed by atoms with Gasteiger partial charge in [-0.15, -0.1) is 10.2 Å². The minimum Gasteiger partial charge on any atom is -0.374 e. The second-order valence-corrected chi connectivity index (χ2v) is 7.43. The van der Waals surface area contributed by atoms with Gasteiger partial charge in [0.05, 0.1) is 11.4 Å². The van der Waals surface area contributed by atoms with E-state index in [0.29, 0.717) is 5.13 Å². The first-order valence-electron chi connectivity index (χ1n) is 8.60. The Balaban J connectivity index is 1.55. The van der Waals surface area contributed by atoms with Gasteiger partial charge in [-0.25, -0.2) is 9.67 Å². The molecule has 3 aromatic heterocycles. The zero-order valence-corrected chi connectivity index (χ0v) is 15.4. The smallest absolute Gasteiger partial charge is 0.203 e. The van der Waals surface area contributed by atoms with Crippen molar-refractivity contribution in [1.29, 1.82) is 0 Å². The molecule has 0 unspecified atom stereocenters. The van der Waals surface area contributed by atoms with Crippen molar-refractivity contribution < 1.29 is 0 Å². The first-order valence-corrected chi connectivity index (χ1v) is 9.42. The molecule has 3 heterocycles. The maximum absolute atomic E-state index is 5.74. The van der Waals surface area contributed by atoms with Crippen molar-refractivity contribution in [1.82, 2.24) is 25.0 Å². The van der Waals surface area contributed by atoms with Gasteiger partial charge in [-0.05, 0) is 48.7 Å². The lowest BCUT2D eigenvalue weighted by atomic mass is 10.0. The van der Waals surface area contributed by atoms with Gasteiger partial charge < -0.3 is 5.73 Å². The molecule has 0 saturated carbocycles. The van der Waals surface area contributed by atoms with Gasteiger partial charge >= 0.3 is 0 Å². The number of hydrogen-bond donors (Lipinski definition) is 1. The van der Waals surface area contributed by atoms with Crippen LogP contribution < -0.4 is 5.73 Å². The predicted molar refractivity (Wildman–Crippen MR) is 107 cm³/mol. The molecule has 5 rings (SSSR count). The topological polar surface area (TPSA) is 82.5 Å². The lowest BCUT2D eigenvalue weighted by Gasteiger charge is -2.09. The van der Waals surface area contributed by atoms with Crippen LogP contribution in [0.3, 0.4) is 0 Å². The molecule has 1 aromatic carbocycles. The summed E-state index contributed by atoms with van der Waals surface area (Å²) < 4.78 is 1.80. The van der Waals surface area contributed by atoms with E-state index in [0.717, 1.165) is 39.8 Å². The lowest BCUT2D eigenvalue weighted by Crippen LogP contribution is -2.01. The molecule has 0 atom stereocenters. The zero-order chi connectivity index (χ0) is 18.4. The highest BCUT2D eigenvalue weighted by molar-refractivity contribution is 7.18. The van der Waals surface area contributed by atoms with Gasteiger partial charge in [-0.3, -0.25) is 0 Å². The molecule has 27 heavy (non-hydrogen) atoms. The summed E-state index contributed by atoms with van der Waals surface area (Å²) in [6.45, 7) is 1.97. The highest BCUT2D eigenvalue weighted by atomic mass is 32.1. The average molecular weight is 372 g/mol. The lowest BCUT2D eigenvalue weighted by molar-refractivity contribution is 0.830. The van der Waals surface area contributed by atoms with E-state index in [9.17, 15) is 0 Å². The molecule has 132 valence electrons. The van der Waals surface area contributed by atoms with Crippen molar-refractivity contribution >= 4 is 22.0 Å². The number of rotatable bonds is 3. The predicted octanol–water partition coefficient (Wildman–Crippen LogP) is 3.66. The van der Waals surface area contributed by atoms with Crippen LogP contribution in [0.4, 0.5) is 5.13 Å². The minimum atomic E-state index is 0.477. The normalized spacial score (nSPS) is 12.9. The Hall–Kier alpha value is -3.32. The van der Waals surface area contributed by atoms with E-state index in [2.05, 4.69) is 39.6 Å². The molecule has 7 heteroatoms. The third kappa shape index (κ3) is 2.82. The van der Waals surface area contributed by atoms with Crippen LogP contribution in [0.15, 0.2) is 54.7 Å². The second-order valence-electron chi connectivity index (χ2n) is 6.42. The molecular formula is C20H16N6S. The van der Waals surface area contributed by atoms with Crippen LogP contribution in [0, 0.1) is 6.92 Å². The van der Waals surface area contributed by atoms with Gasteiger partial charge in [0.1, 0.15) is 5.01 Å². The average Bonchev–Trinajstić information content (AvgIpc) is 3.41. The molecule has 0 amide bonds. The molecule has 0 bridgehead atoms. The quantitative estimate of drug-likeness (QED) is 0.593. The van der Waals surface area contributed by atoms with Gasteiger partial charge in [-0.2, -0.15) is 5.10 Å². The number of nitrogens with two attached hydrogens (primary N) is 1. The van der Waals surface area contributed by atoms with Crippen LogP contribution in [-0.2, 0) is 6.42 Å². The summed E-state index contributed by atoms with van der Waals surface area (Å²) in [5, 5.41) is 13.8. The van der Waals surface area contributed by atoms with Crippen molar-refractivity contribution in [2.24, 2.45) is 0 Å². The fraction of sp³-hybridized carbons (Fsp3) is 0.100. The standard InChI is InChI=1S/C20H16N6S/c1-12-9-10-26(25-12)18-4-2-3-17(22-18)15-8-7-13-5-6-14(11-16(13)15)19-23-24-20(21)27-19/h2-6,8-11H,7H2,1H3,(H2,21,24). The van der Waals surface area contributed by atoms with Gasteiger partial charge in [0.15, 0.2) is 5.82 Å². The molecule has 4 aromatic rings. The second kappa shape index (κ2) is 6.14. The van der Waals surface area contributed by atoms with E-state index in [1.807, 2.05) is 37.4 Å². The van der Waals surface area contributed by atoms with Gasteiger partial charge in [-0.1, -0.05) is 35.6 Å². The fourth-order valence-electron chi connectivity index (χ4n) is 3.30. The van der Waals surface area contributed by atoms with Crippen LogP contribution in [0.25, 0.3) is 22.0 Å². The Bertz CT molecular complexity index is 1190. The summed E-state index contributed by atoms with van der Waals surface area (Å²) in [6, 6.07) is 14.4. The SMILES string of the molecule is Cc1ccn(-c2cccc(C3=CCc4ccc(-c5nnc(N)s5)cc43)n2)n1. The maximum atomic E-state index is 5.74. The molecule has 1 aliphatic rings. The van der Waals surface area contributed by atoms with E-state index >= 15 is 0 Å². The van der Waals surface area contributed by atoms with Crippen molar-refractivity contribution in [2.45, 2.75) is 13.3 Å². The van der Waals surface area contributed by atoms with Gasteiger partial charge in [0, 0.05) is 17.3 Å². The van der Waals surface area contributed by atoms with E-state index in [4.69, 9.17) is 10.7 Å². The van der Waals surface area contributed by atoms with E-state index < -0.39 is 0 Å². The Morgan fingerprint density at radius 3 is 2.81 bits per heavy atom. The molecule has 0 radical (unpaired) electrons. The Kier molecular flexibility index (Phi) is 3.61. The monoisotopic (exact) mass is 372 g/mol. The number of hydrogen-bond acceptors (Lipinski definition) is 6. The van der Waals surface area contributed by atoms with Gasteiger partial charge in [0.25, 0.3) is 0 Å². The third-order valence-corrected chi connectivity index (χ3v) is 5.38. The number of nitrogen functional groups attached to an aromatic ring is 1. The van der Waals surface area contributed by atoms with Crippen LogP contribution >= 0.6 is 11.3 Å². The Labute approximate surface area is 160 Å². The number of fused-ring (bicyclic) bond motifs is 1. The summed E-state index contributed by atoms with van der Waals surface area (Å²) in [5.41, 5.74) is 12.3. The number of allylic oxidation sites excluding steroid dienone is 1. The minimum absolute atomic E-state index is 0.477. The van der Waals surface area contributed by atoms with Crippen molar-refractivity contribution in [3.8, 4) is 16.4 Å². The number of nitrogens with zero attached hydrogens (tertiary/aromatic N) is 5. The summed E-state index contributed by atoms with van der Waals surface area (Å²) in [4.78, 5) is 4.83. The molecule has 1 aliphatic carbocycles. The van der Waals surface area contributed by atoms with Crippen LogP contribution in [0.5, 0.6) is 0 Å². The Morgan fingerprint density at radius 1 is 1.11 bits per heavy atom. The molecule has 0 aliphatic heterocycles. The van der Waals surface area contributed by atoms with E-state index in [-0.39, 0.29) is 0 Å². The number of benzene rings is 1. The summed E-state index contributed by atoms with van der Waals surface area (Å²) in [6.07, 6.45) is 5.05. The number of anilines is 1. The van der Waals surface area contributed by atoms with E-state index in [1.165, 1.54) is 22.5 Å². The van der Waals surface area contributed by atoms with Crippen molar-refractivity contribution in [3.05, 3.63) is 77.3 Å². The molecule has 0 saturated heterocycles. The first kappa shape index (κ1) is 15.9. The van der Waals surface area contributed by atoms with Crippen LogP contribution in [0.1, 0.15) is 22.5 Å². The molecule has 0 spiro atoms. The van der Waals surface area contributed by atoms with Crippen LogP contribution in [0.2, 0.25) is 0 Å². The molecule has 2 N–H and O–H groups in total. The molecular weight excluding hydrogens is 356 g/mol. The first-order chi connectivity index (χ1) is 13.2. The zero-order valence-electron chi connectivity index (χ0n) is 14.6. The highest BCUT2D eigenvalue weighted by Crippen LogP contribution is 2.36.